The standard InChI is InChI=1S/C14H20N2O5S2.ClH/c1-20-11-5-12(13(17)21-2)22-14(11)23(18,19)16-6-8-3-4-10(15)9(8)7-16;/h5,8-10H,3-4,6-7,15H2,1-2H3;1H. The molecule has 3 unspecified atom stereocenters. The number of rotatable bonds is 4. The van der Waals surface area contributed by atoms with E-state index in [4.69, 9.17) is 10.5 Å². The number of carbonyl (C=O) groups excluding carboxylic acids is 1. The number of halogens is 1. The van der Waals surface area contributed by atoms with Crippen molar-refractivity contribution in [3.63, 3.8) is 0 Å². The van der Waals surface area contributed by atoms with E-state index in [9.17, 15) is 13.2 Å². The molecule has 3 atom stereocenters. The highest BCUT2D eigenvalue weighted by Gasteiger charge is 2.46. The number of hydrogen-bond donors (Lipinski definition) is 1. The van der Waals surface area contributed by atoms with Crippen LogP contribution in [0, 0.1) is 11.8 Å². The van der Waals surface area contributed by atoms with E-state index in [2.05, 4.69) is 4.74 Å². The zero-order valence-electron chi connectivity index (χ0n) is 13.4. The first-order valence-corrected chi connectivity index (χ1v) is 9.66. The summed E-state index contributed by atoms with van der Waals surface area (Å²) in [5, 5.41) is 0. The lowest BCUT2D eigenvalue weighted by Gasteiger charge is -2.18. The summed E-state index contributed by atoms with van der Waals surface area (Å²) >= 11 is 0.879. The third-order valence-corrected chi connectivity index (χ3v) is 8.15. The largest absolute Gasteiger partial charge is 0.494 e. The average molecular weight is 397 g/mol. The number of thiophene rings is 1. The van der Waals surface area contributed by atoms with Crippen molar-refractivity contribution in [2.24, 2.45) is 17.6 Å². The molecule has 3 rings (SSSR count). The van der Waals surface area contributed by atoms with Crippen LogP contribution in [-0.2, 0) is 14.8 Å². The van der Waals surface area contributed by atoms with E-state index in [-0.39, 0.29) is 39.2 Å². The van der Waals surface area contributed by atoms with Crippen LogP contribution in [0.1, 0.15) is 22.5 Å². The third kappa shape index (κ3) is 3.15. The third-order valence-electron chi connectivity index (χ3n) is 4.73. The molecule has 1 aliphatic heterocycles. The van der Waals surface area contributed by atoms with Crippen molar-refractivity contribution >= 4 is 39.7 Å². The van der Waals surface area contributed by atoms with Crippen molar-refractivity contribution in [2.75, 3.05) is 27.3 Å². The maximum absolute atomic E-state index is 12.9. The summed E-state index contributed by atoms with van der Waals surface area (Å²) < 4.78 is 37.2. The molecule has 2 N–H and O–H groups in total. The number of ether oxygens (including phenoxy) is 2. The van der Waals surface area contributed by atoms with Gasteiger partial charge in [0.2, 0.25) is 0 Å². The van der Waals surface area contributed by atoms with Crippen LogP contribution in [0.15, 0.2) is 10.3 Å². The molecule has 7 nitrogen and oxygen atoms in total. The van der Waals surface area contributed by atoms with E-state index in [1.165, 1.54) is 24.6 Å². The van der Waals surface area contributed by atoms with Gasteiger partial charge < -0.3 is 15.2 Å². The summed E-state index contributed by atoms with van der Waals surface area (Å²) in [5.74, 6) is 0.147. The Labute approximate surface area is 151 Å². The van der Waals surface area contributed by atoms with Crippen molar-refractivity contribution in [3.05, 3.63) is 10.9 Å². The van der Waals surface area contributed by atoms with Crippen molar-refractivity contribution in [3.8, 4) is 5.75 Å². The van der Waals surface area contributed by atoms with Crippen LogP contribution in [-0.4, -0.2) is 52.0 Å². The van der Waals surface area contributed by atoms with Gasteiger partial charge in [-0.2, -0.15) is 4.31 Å². The SMILES string of the molecule is COC(=O)c1cc(OC)c(S(=O)(=O)N2CC3CCC(N)C3C2)s1.Cl. The molecule has 0 aromatic carbocycles. The van der Waals surface area contributed by atoms with Gasteiger partial charge in [0.25, 0.3) is 10.0 Å². The molecule has 1 saturated carbocycles. The minimum atomic E-state index is -3.70. The Hall–Kier alpha value is -0.870. The molecule has 24 heavy (non-hydrogen) atoms. The second-order valence-electron chi connectivity index (χ2n) is 5.95. The number of esters is 1. The first kappa shape index (κ1) is 19.5. The van der Waals surface area contributed by atoms with Gasteiger partial charge in [0, 0.05) is 25.2 Å². The summed E-state index contributed by atoms with van der Waals surface area (Å²) in [7, 11) is -1.06. The molecular weight excluding hydrogens is 376 g/mol. The van der Waals surface area contributed by atoms with Crippen molar-refractivity contribution in [2.45, 2.75) is 23.1 Å². The summed E-state index contributed by atoms with van der Waals surface area (Å²) in [4.78, 5) is 11.9. The lowest BCUT2D eigenvalue weighted by Crippen LogP contribution is -2.33. The van der Waals surface area contributed by atoms with Gasteiger partial charge in [-0.3, -0.25) is 0 Å². The highest BCUT2D eigenvalue weighted by atomic mass is 35.5. The number of carbonyl (C=O) groups is 1. The number of hydrogen-bond acceptors (Lipinski definition) is 7. The fourth-order valence-electron chi connectivity index (χ4n) is 3.46. The normalized spacial score (nSPS) is 26.7. The van der Waals surface area contributed by atoms with Crippen LogP contribution < -0.4 is 10.5 Å². The van der Waals surface area contributed by atoms with Gasteiger partial charge in [0.05, 0.1) is 14.2 Å². The summed E-state index contributed by atoms with van der Waals surface area (Å²) in [6.45, 7) is 0.915. The molecule has 0 radical (unpaired) electrons. The zero-order valence-corrected chi connectivity index (χ0v) is 15.9. The van der Waals surface area contributed by atoms with Gasteiger partial charge in [-0.1, -0.05) is 0 Å². The molecule has 0 spiro atoms. The summed E-state index contributed by atoms with van der Waals surface area (Å²) in [5.41, 5.74) is 6.08. The average Bonchev–Trinajstić information content (AvgIpc) is 3.22. The van der Waals surface area contributed by atoms with Crippen molar-refractivity contribution in [1.82, 2.24) is 4.31 Å². The van der Waals surface area contributed by atoms with Gasteiger partial charge in [0.15, 0.2) is 9.96 Å². The fraction of sp³-hybridized carbons (Fsp3) is 0.643. The maximum Gasteiger partial charge on any atom is 0.348 e. The highest BCUT2D eigenvalue weighted by Crippen LogP contribution is 2.42. The van der Waals surface area contributed by atoms with Gasteiger partial charge >= 0.3 is 5.97 Å². The smallest absolute Gasteiger partial charge is 0.348 e. The minimum absolute atomic E-state index is 0. The topological polar surface area (TPSA) is 98.9 Å². The van der Waals surface area contributed by atoms with Gasteiger partial charge in [-0.15, -0.1) is 23.7 Å². The number of sulfonamides is 1. The molecule has 136 valence electrons. The predicted octanol–water partition coefficient (Wildman–Crippen LogP) is 1.32. The Bertz CT molecular complexity index is 721. The fourth-order valence-corrected chi connectivity index (χ4v) is 6.63. The summed E-state index contributed by atoms with van der Waals surface area (Å²) in [6, 6.07) is 1.47. The Kier molecular flexibility index (Phi) is 5.81. The number of fused-ring (bicyclic) bond motifs is 1. The first-order chi connectivity index (χ1) is 10.9. The van der Waals surface area contributed by atoms with Gasteiger partial charge in [-0.05, 0) is 24.7 Å². The quantitative estimate of drug-likeness (QED) is 0.770. The molecule has 2 aliphatic rings. The van der Waals surface area contributed by atoms with E-state index in [0.29, 0.717) is 19.0 Å². The van der Waals surface area contributed by atoms with Gasteiger partial charge in [-0.25, -0.2) is 13.2 Å². The van der Waals surface area contributed by atoms with Crippen LogP contribution in [0.2, 0.25) is 0 Å². The molecule has 1 aromatic heterocycles. The second-order valence-corrected chi connectivity index (χ2v) is 9.13. The van der Waals surface area contributed by atoms with E-state index < -0.39 is 16.0 Å². The molecule has 1 aliphatic carbocycles. The van der Waals surface area contributed by atoms with Crippen LogP contribution in [0.5, 0.6) is 5.75 Å². The molecule has 10 heteroatoms. The number of nitrogens with two attached hydrogens (primary N) is 1. The molecule has 2 heterocycles. The molecule has 0 amide bonds. The van der Waals surface area contributed by atoms with E-state index in [0.717, 1.165) is 24.2 Å². The maximum atomic E-state index is 12.9. The lowest BCUT2D eigenvalue weighted by atomic mass is 9.98. The first-order valence-electron chi connectivity index (χ1n) is 7.40. The monoisotopic (exact) mass is 396 g/mol. The Morgan fingerprint density at radius 1 is 1.33 bits per heavy atom. The van der Waals surface area contributed by atoms with Crippen LogP contribution >= 0.6 is 23.7 Å². The molecule has 1 aromatic rings. The Morgan fingerprint density at radius 3 is 2.62 bits per heavy atom. The predicted molar refractivity (Wildman–Crippen MR) is 92.4 cm³/mol. The van der Waals surface area contributed by atoms with Crippen molar-refractivity contribution in [1.29, 1.82) is 0 Å². The lowest BCUT2D eigenvalue weighted by molar-refractivity contribution is 0.0606. The summed E-state index contributed by atoms with van der Waals surface area (Å²) in [6.07, 6.45) is 1.92. The van der Waals surface area contributed by atoms with Crippen LogP contribution in [0.3, 0.4) is 0 Å². The number of nitrogens with zero attached hydrogens (tertiary/aromatic N) is 1. The molecule has 1 saturated heterocycles. The molecule has 0 bridgehead atoms. The highest BCUT2D eigenvalue weighted by molar-refractivity contribution is 7.91. The van der Waals surface area contributed by atoms with Crippen molar-refractivity contribution < 1.29 is 22.7 Å². The minimum Gasteiger partial charge on any atom is -0.494 e. The van der Waals surface area contributed by atoms with Crippen LogP contribution in [0.25, 0.3) is 0 Å². The van der Waals surface area contributed by atoms with E-state index in [1.807, 2.05) is 0 Å². The Morgan fingerprint density at radius 2 is 2.04 bits per heavy atom. The molecule has 2 fully saturated rings. The van der Waals surface area contributed by atoms with Crippen LogP contribution in [0.4, 0.5) is 0 Å². The van der Waals surface area contributed by atoms with Gasteiger partial charge in [0.1, 0.15) is 4.88 Å². The number of methoxy groups -OCH3 is 2. The second kappa shape index (κ2) is 7.17. The zero-order chi connectivity index (χ0) is 16.8. The van der Waals surface area contributed by atoms with E-state index >= 15 is 0 Å². The molecular formula is C14H21ClN2O5S2. The Balaban J connectivity index is 0.00000208. The van der Waals surface area contributed by atoms with E-state index in [1.54, 1.807) is 0 Å².